The summed E-state index contributed by atoms with van der Waals surface area (Å²) in [5.74, 6) is 2.22. The van der Waals surface area contributed by atoms with Crippen LogP contribution in [0.25, 0.3) is 0 Å². The van der Waals surface area contributed by atoms with Crippen molar-refractivity contribution >= 4 is 11.6 Å². The lowest BCUT2D eigenvalue weighted by molar-refractivity contribution is 0.228. The molecule has 19 heavy (non-hydrogen) atoms. The average molecular weight is 282 g/mol. The molecular weight excluding hydrogens is 258 g/mol. The molecule has 0 spiro atoms. The fraction of sp³-hybridized carbons (Fsp3) is 0.625. The van der Waals surface area contributed by atoms with E-state index in [9.17, 15) is 0 Å². The van der Waals surface area contributed by atoms with Crippen molar-refractivity contribution in [1.29, 1.82) is 0 Å². The Morgan fingerprint density at radius 3 is 2.89 bits per heavy atom. The van der Waals surface area contributed by atoms with E-state index < -0.39 is 0 Å². The number of methoxy groups -OCH3 is 1. The van der Waals surface area contributed by atoms with Crippen LogP contribution in [0, 0.1) is 11.8 Å². The Balaban J connectivity index is 2.16. The highest BCUT2D eigenvalue weighted by molar-refractivity contribution is 6.30. The molecule has 1 saturated carbocycles. The normalized spacial score (nSPS) is 25.1. The number of ether oxygens (including phenoxy) is 1. The van der Waals surface area contributed by atoms with E-state index in [4.69, 9.17) is 22.1 Å². The zero-order chi connectivity index (χ0) is 13.8. The van der Waals surface area contributed by atoms with Crippen LogP contribution in [0.2, 0.25) is 5.02 Å². The first-order chi connectivity index (χ1) is 9.15. The monoisotopic (exact) mass is 281 g/mol. The molecule has 2 rings (SSSR count). The Morgan fingerprint density at radius 1 is 1.42 bits per heavy atom. The van der Waals surface area contributed by atoms with Crippen LogP contribution >= 0.6 is 11.6 Å². The number of rotatable bonds is 4. The first-order valence-corrected chi connectivity index (χ1v) is 7.62. The van der Waals surface area contributed by atoms with Crippen molar-refractivity contribution in [3.05, 3.63) is 28.8 Å². The lowest BCUT2D eigenvalue weighted by atomic mass is 9.75. The molecule has 3 heteroatoms. The minimum atomic E-state index is 0.0570. The van der Waals surface area contributed by atoms with Crippen molar-refractivity contribution in [3.63, 3.8) is 0 Å². The second kappa shape index (κ2) is 6.62. The molecule has 0 saturated heterocycles. The fourth-order valence-electron chi connectivity index (χ4n) is 3.24. The molecule has 1 aliphatic rings. The topological polar surface area (TPSA) is 35.2 Å². The van der Waals surface area contributed by atoms with Gasteiger partial charge < -0.3 is 10.5 Å². The molecule has 2 nitrogen and oxygen atoms in total. The van der Waals surface area contributed by atoms with Gasteiger partial charge in [-0.25, -0.2) is 0 Å². The molecule has 0 heterocycles. The highest BCUT2D eigenvalue weighted by Crippen LogP contribution is 2.40. The first kappa shape index (κ1) is 14.7. The van der Waals surface area contributed by atoms with Crippen LogP contribution in [0.4, 0.5) is 0 Å². The molecule has 1 aromatic rings. The van der Waals surface area contributed by atoms with Crippen molar-refractivity contribution in [2.45, 2.75) is 45.1 Å². The molecule has 0 bridgehead atoms. The van der Waals surface area contributed by atoms with E-state index in [1.165, 1.54) is 32.1 Å². The number of halogens is 1. The van der Waals surface area contributed by atoms with Crippen LogP contribution in [0.1, 0.15) is 50.6 Å². The average Bonchev–Trinajstić information content (AvgIpc) is 2.46. The summed E-state index contributed by atoms with van der Waals surface area (Å²) in [7, 11) is 1.68. The van der Waals surface area contributed by atoms with E-state index in [2.05, 4.69) is 6.92 Å². The van der Waals surface area contributed by atoms with Crippen LogP contribution in [-0.2, 0) is 0 Å². The number of hydrogen-bond donors (Lipinski definition) is 1. The molecule has 0 amide bonds. The van der Waals surface area contributed by atoms with Crippen LogP contribution in [0.15, 0.2) is 18.2 Å². The summed E-state index contributed by atoms with van der Waals surface area (Å²) in [6, 6.07) is 5.83. The Morgan fingerprint density at radius 2 is 2.21 bits per heavy atom. The Kier molecular flexibility index (Phi) is 5.12. The van der Waals surface area contributed by atoms with Crippen LogP contribution in [0.5, 0.6) is 5.75 Å². The standard InChI is InChI=1S/C16H24ClNO/c1-3-11-5-4-6-12(9-11)16(18)14-8-7-13(17)10-15(14)19-2/h7-8,10-12,16H,3-6,9,18H2,1-2H3. The molecule has 106 valence electrons. The number of hydrogen-bond acceptors (Lipinski definition) is 2. The number of nitrogens with two attached hydrogens (primary N) is 1. The summed E-state index contributed by atoms with van der Waals surface area (Å²) in [5, 5.41) is 0.697. The van der Waals surface area contributed by atoms with Gasteiger partial charge in [0.25, 0.3) is 0 Å². The van der Waals surface area contributed by atoms with E-state index in [0.717, 1.165) is 17.2 Å². The maximum Gasteiger partial charge on any atom is 0.125 e. The first-order valence-electron chi connectivity index (χ1n) is 7.24. The van der Waals surface area contributed by atoms with Crippen molar-refractivity contribution in [2.75, 3.05) is 7.11 Å². The minimum absolute atomic E-state index is 0.0570. The zero-order valence-corrected chi connectivity index (χ0v) is 12.6. The van der Waals surface area contributed by atoms with Gasteiger partial charge in [0.15, 0.2) is 0 Å². The van der Waals surface area contributed by atoms with Crippen LogP contribution < -0.4 is 10.5 Å². The third-order valence-electron chi connectivity index (χ3n) is 4.46. The largest absolute Gasteiger partial charge is 0.496 e. The third kappa shape index (κ3) is 3.43. The van der Waals surface area contributed by atoms with E-state index in [0.29, 0.717) is 10.9 Å². The minimum Gasteiger partial charge on any atom is -0.496 e. The van der Waals surface area contributed by atoms with Gasteiger partial charge in [0.2, 0.25) is 0 Å². The van der Waals surface area contributed by atoms with E-state index in [-0.39, 0.29) is 6.04 Å². The SMILES string of the molecule is CCC1CCCC(C(N)c2ccc(Cl)cc2OC)C1. The smallest absolute Gasteiger partial charge is 0.125 e. The molecule has 1 aromatic carbocycles. The molecule has 2 N–H and O–H groups in total. The van der Waals surface area contributed by atoms with Crippen LogP contribution in [-0.4, -0.2) is 7.11 Å². The predicted octanol–water partition coefficient (Wildman–Crippen LogP) is 4.56. The van der Waals surface area contributed by atoms with Gasteiger partial charge in [0.05, 0.1) is 7.11 Å². The van der Waals surface area contributed by atoms with Gasteiger partial charge >= 0.3 is 0 Å². The molecule has 3 atom stereocenters. The lowest BCUT2D eigenvalue weighted by Crippen LogP contribution is -2.27. The van der Waals surface area contributed by atoms with E-state index in [1.54, 1.807) is 7.11 Å². The van der Waals surface area contributed by atoms with Crippen molar-refractivity contribution in [3.8, 4) is 5.75 Å². The van der Waals surface area contributed by atoms with Gasteiger partial charge in [-0.05, 0) is 36.8 Å². The van der Waals surface area contributed by atoms with E-state index in [1.807, 2.05) is 18.2 Å². The molecule has 0 aliphatic heterocycles. The van der Waals surface area contributed by atoms with Crippen molar-refractivity contribution < 1.29 is 4.74 Å². The molecule has 0 aromatic heterocycles. The quantitative estimate of drug-likeness (QED) is 0.878. The Labute approximate surface area is 121 Å². The van der Waals surface area contributed by atoms with Crippen LogP contribution in [0.3, 0.4) is 0 Å². The number of benzene rings is 1. The summed E-state index contributed by atoms with van der Waals surface area (Å²) < 4.78 is 5.43. The van der Waals surface area contributed by atoms with Gasteiger partial charge in [0, 0.05) is 16.6 Å². The fourth-order valence-corrected chi connectivity index (χ4v) is 3.41. The molecular formula is C16H24ClNO. The van der Waals surface area contributed by atoms with Gasteiger partial charge in [0.1, 0.15) is 5.75 Å². The molecule has 1 aliphatic carbocycles. The third-order valence-corrected chi connectivity index (χ3v) is 4.70. The van der Waals surface area contributed by atoms with E-state index >= 15 is 0 Å². The highest BCUT2D eigenvalue weighted by atomic mass is 35.5. The highest BCUT2D eigenvalue weighted by Gasteiger charge is 2.28. The molecule has 0 radical (unpaired) electrons. The van der Waals surface area contributed by atoms with Gasteiger partial charge in [-0.1, -0.05) is 43.9 Å². The van der Waals surface area contributed by atoms with Crippen molar-refractivity contribution in [2.24, 2.45) is 17.6 Å². The van der Waals surface area contributed by atoms with Gasteiger partial charge in [-0.3, -0.25) is 0 Å². The van der Waals surface area contributed by atoms with Crippen molar-refractivity contribution in [1.82, 2.24) is 0 Å². The molecule has 3 unspecified atom stereocenters. The Bertz CT molecular complexity index is 421. The summed E-state index contributed by atoms with van der Waals surface area (Å²) >= 11 is 6.01. The molecule has 1 fully saturated rings. The summed E-state index contributed by atoms with van der Waals surface area (Å²) in [5.41, 5.74) is 7.58. The summed E-state index contributed by atoms with van der Waals surface area (Å²) in [6.45, 7) is 2.28. The summed E-state index contributed by atoms with van der Waals surface area (Å²) in [4.78, 5) is 0. The lowest BCUT2D eigenvalue weighted by Gasteiger charge is -2.33. The second-order valence-corrected chi connectivity index (χ2v) is 6.05. The maximum absolute atomic E-state index is 6.49. The predicted molar refractivity (Wildman–Crippen MR) is 80.7 cm³/mol. The van der Waals surface area contributed by atoms with Gasteiger partial charge in [-0.2, -0.15) is 0 Å². The summed E-state index contributed by atoms with van der Waals surface area (Å²) in [6.07, 6.45) is 6.39. The maximum atomic E-state index is 6.49. The Hall–Kier alpha value is -0.730. The van der Waals surface area contributed by atoms with Gasteiger partial charge in [-0.15, -0.1) is 0 Å². The zero-order valence-electron chi connectivity index (χ0n) is 11.9. The second-order valence-electron chi connectivity index (χ2n) is 5.61.